The first-order valence-corrected chi connectivity index (χ1v) is 6.21. The van der Waals surface area contributed by atoms with Crippen LogP contribution in [0.3, 0.4) is 0 Å². The summed E-state index contributed by atoms with van der Waals surface area (Å²) in [6.45, 7) is 2.46. The molecule has 4 heteroatoms. The van der Waals surface area contributed by atoms with Gasteiger partial charge in [0.2, 0.25) is 0 Å². The van der Waals surface area contributed by atoms with Gasteiger partial charge in [0.1, 0.15) is 0 Å². The van der Waals surface area contributed by atoms with Crippen molar-refractivity contribution in [3.05, 3.63) is 34.3 Å². The van der Waals surface area contributed by atoms with E-state index >= 15 is 0 Å². The Morgan fingerprint density at radius 3 is 2.76 bits per heavy atom. The van der Waals surface area contributed by atoms with E-state index in [4.69, 9.17) is 17.3 Å². The lowest BCUT2D eigenvalue weighted by molar-refractivity contribution is 0.0985. The van der Waals surface area contributed by atoms with Gasteiger partial charge in [0.25, 0.3) is 0 Å². The van der Waals surface area contributed by atoms with Crippen molar-refractivity contribution in [2.75, 3.05) is 26.7 Å². The van der Waals surface area contributed by atoms with E-state index < -0.39 is 0 Å². The molecule has 3 nitrogen and oxygen atoms in total. The fraction of sp³-hybridized carbons (Fsp3) is 0.462. The molecule has 1 saturated heterocycles. The summed E-state index contributed by atoms with van der Waals surface area (Å²) in [7, 11) is 2.09. The molecule has 92 valence electrons. The van der Waals surface area contributed by atoms with Crippen molar-refractivity contribution in [3.8, 4) is 0 Å². The van der Waals surface area contributed by atoms with Crippen LogP contribution in [0, 0.1) is 0 Å². The maximum atomic E-state index is 11.7. The summed E-state index contributed by atoms with van der Waals surface area (Å²) in [5, 5.41) is 0.700. The fourth-order valence-corrected chi connectivity index (χ4v) is 2.54. The normalized spacial score (nSPS) is 16.9. The van der Waals surface area contributed by atoms with Gasteiger partial charge in [-0.15, -0.1) is 0 Å². The highest BCUT2D eigenvalue weighted by atomic mass is 35.5. The van der Waals surface area contributed by atoms with Crippen molar-refractivity contribution in [1.29, 1.82) is 0 Å². The smallest absolute Gasteiger partial charge is 0.164 e. The number of halogens is 1. The highest BCUT2D eigenvalue weighted by Gasteiger charge is 2.26. The van der Waals surface area contributed by atoms with Gasteiger partial charge in [-0.1, -0.05) is 23.7 Å². The van der Waals surface area contributed by atoms with Crippen molar-refractivity contribution in [2.24, 2.45) is 5.73 Å². The Morgan fingerprint density at radius 1 is 1.53 bits per heavy atom. The molecule has 0 radical (unpaired) electrons. The van der Waals surface area contributed by atoms with E-state index in [2.05, 4.69) is 11.9 Å². The number of hydrogen-bond donors (Lipinski definition) is 1. The first-order valence-electron chi connectivity index (χ1n) is 5.83. The third kappa shape index (κ3) is 2.68. The number of nitrogens with two attached hydrogens (primary N) is 1. The zero-order valence-corrected chi connectivity index (χ0v) is 10.7. The topological polar surface area (TPSA) is 46.3 Å². The molecular formula is C13H17ClN2O. The van der Waals surface area contributed by atoms with Crippen molar-refractivity contribution in [2.45, 2.75) is 12.3 Å². The minimum absolute atomic E-state index is 0.0617. The first-order chi connectivity index (χ1) is 8.11. The van der Waals surface area contributed by atoms with Crippen molar-refractivity contribution >= 4 is 17.4 Å². The quantitative estimate of drug-likeness (QED) is 0.833. The van der Waals surface area contributed by atoms with Crippen LogP contribution >= 0.6 is 11.6 Å². The molecule has 0 unspecified atom stereocenters. The number of benzene rings is 1. The molecule has 0 aliphatic carbocycles. The Kier molecular flexibility index (Phi) is 3.82. The van der Waals surface area contributed by atoms with Crippen molar-refractivity contribution in [1.82, 2.24) is 4.90 Å². The lowest BCUT2D eigenvalue weighted by Gasteiger charge is -2.37. The summed E-state index contributed by atoms with van der Waals surface area (Å²) in [5.41, 5.74) is 7.18. The van der Waals surface area contributed by atoms with Gasteiger partial charge in [0.05, 0.1) is 0 Å². The van der Waals surface area contributed by atoms with Gasteiger partial charge in [-0.3, -0.25) is 4.79 Å². The van der Waals surface area contributed by atoms with E-state index in [-0.39, 0.29) is 5.78 Å². The molecule has 1 fully saturated rings. The summed E-state index contributed by atoms with van der Waals surface area (Å²) in [4.78, 5) is 13.9. The van der Waals surface area contributed by atoms with E-state index in [1.165, 1.54) is 0 Å². The molecule has 0 atom stereocenters. The molecule has 1 aromatic carbocycles. The first kappa shape index (κ1) is 12.6. The summed E-state index contributed by atoms with van der Waals surface area (Å²) in [5.74, 6) is 0.567. The Hall–Kier alpha value is -0.900. The van der Waals surface area contributed by atoms with E-state index in [1.54, 1.807) is 6.07 Å². The van der Waals surface area contributed by atoms with E-state index in [0.717, 1.165) is 18.7 Å². The highest BCUT2D eigenvalue weighted by Crippen LogP contribution is 2.31. The molecule has 0 saturated carbocycles. The van der Waals surface area contributed by atoms with Crippen LogP contribution in [0.4, 0.5) is 0 Å². The lowest BCUT2D eigenvalue weighted by atomic mass is 9.91. The lowest BCUT2D eigenvalue weighted by Crippen LogP contribution is -2.41. The van der Waals surface area contributed by atoms with Crippen LogP contribution in [0.5, 0.6) is 0 Å². The molecule has 2 N–H and O–H groups in total. The van der Waals surface area contributed by atoms with Crippen LogP contribution in [0.1, 0.15) is 28.3 Å². The van der Waals surface area contributed by atoms with Crippen LogP contribution in [0.15, 0.2) is 18.2 Å². The monoisotopic (exact) mass is 252 g/mol. The van der Waals surface area contributed by atoms with Crippen LogP contribution in [-0.2, 0) is 0 Å². The Balaban J connectivity index is 2.14. The molecule has 1 heterocycles. The molecule has 1 aliphatic heterocycles. The molecule has 2 rings (SSSR count). The summed E-state index contributed by atoms with van der Waals surface area (Å²) < 4.78 is 0. The second-order valence-electron chi connectivity index (χ2n) is 4.62. The molecule has 0 amide bonds. The molecule has 0 spiro atoms. The number of ketones is 1. The molecule has 0 bridgehead atoms. The summed E-state index contributed by atoms with van der Waals surface area (Å²) in [6.07, 6.45) is 0.377. The second-order valence-corrected chi connectivity index (χ2v) is 5.02. The largest absolute Gasteiger partial charge is 0.330 e. The number of rotatable bonds is 4. The molecular weight excluding hydrogens is 236 g/mol. The van der Waals surface area contributed by atoms with Crippen molar-refractivity contribution < 1.29 is 4.79 Å². The standard InChI is InChI=1S/C13H17ClN2O/c1-16-7-10(8-16)11-3-2-9(6-12(11)14)13(17)4-5-15/h2-3,6,10H,4-5,7-8,15H2,1H3. The number of likely N-dealkylation sites (tertiary alicyclic amines) is 1. The maximum absolute atomic E-state index is 11.7. The predicted octanol–water partition coefficient (Wildman–Crippen LogP) is 1.90. The minimum atomic E-state index is 0.0617. The van der Waals surface area contributed by atoms with Gasteiger partial charge in [-0.2, -0.15) is 0 Å². The Morgan fingerprint density at radius 2 is 2.24 bits per heavy atom. The third-order valence-corrected chi connectivity index (χ3v) is 3.53. The van der Waals surface area contributed by atoms with Crippen LogP contribution < -0.4 is 5.73 Å². The predicted molar refractivity (Wildman–Crippen MR) is 69.7 cm³/mol. The van der Waals surface area contributed by atoms with E-state index in [0.29, 0.717) is 29.5 Å². The number of Topliss-reactive ketones (excluding diaryl/α,β-unsaturated/α-hetero) is 1. The molecule has 0 aromatic heterocycles. The van der Waals surface area contributed by atoms with Crippen LogP contribution in [0.2, 0.25) is 5.02 Å². The molecule has 1 aliphatic rings. The number of likely N-dealkylation sites (N-methyl/N-ethyl adjacent to an activating group) is 1. The van der Waals surface area contributed by atoms with Crippen molar-refractivity contribution in [3.63, 3.8) is 0 Å². The second kappa shape index (κ2) is 5.17. The summed E-state index contributed by atoms with van der Waals surface area (Å²) in [6, 6.07) is 5.61. The molecule has 17 heavy (non-hydrogen) atoms. The van der Waals surface area contributed by atoms with Crippen LogP contribution in [-0.4, -0.2) is 37.4 Å². The Labute approximate surface area is 107 Å². The van der Waals surface area contributed by atoms with Crippen LogP contribution in [0.25, 0.3) is 0 Å². The summed E-state index contributed by atoms with van der Waals surface area (Å²) >= 11 is 6.23. The number of carbonyl (C=O) groups excluding carboxylic acids is 1. The highest BCUT2D eigenvalue weighted by molar-refractivity contribution is 6.31. The zero-order chi connectivity index (χ0) is 12.4. The third-order valence-electron chi connectivity index (χ3n) is 3.20. The van der Waals surface area contributed by atoms with Gasteiger partial charge in [0, 0.05) is 36.0 Å². The zero-order valence-electron chi connectivity index (χ0n) is 9.95. The van der Waals surface area contributed by atoms with E-state index in [9.17, 15) is 4.79 Å². The average molecular weight is 253 g/mol. The van der Waals surface area contributed by atoms with Gasteiger partial charge in [-0.25, -0.2) is 0 Å². The Bertz CT molecular complexity index is 427. The van der Waals surface area contributed by atoms with Gasteiger partial charge >= 0.3 is 0 Å². The number of carbonyl (C=O) groups is 1. The fourth-order valence-electron chi connectivity index (χ4n) is 2.20. The van der Waals surface area contributed by atoms with E-state index in [1.807, 2.05) is 12.1 Å². The molecule has 1 aromatic rings. The SMILES string of the molecule is CN1CC(c2ccc(C(=O)CCN)cc2Cl)C1. The number of hydrogen-bond acceptors (Lipinski definition) is 3. The maximum Gasteiger partial charge on any atom is 0.164 e. The van der Waals surface area contributed by atoms with Gasteiger partial charge < -0.3 is 10.6 Å². The van der Waals surface area contributed by atoms with Gasteiger partial charge in [0.15, 0.2) is 5.78 Å². The minimum Gasteiger partial charge on any atom is -0.330 e. The van der Waals surface area contributed by atoms with Gasteiger partial charge in [-0.05, 0) is 25.2 Å². The number of nitrogens with zero attached hydrogens (tertiary/aromatic N) is 1. The average Bonchev–Trinajstić information content (AvgIpc) is 2.25.